The van der Waals surface area contributed by atoms with Gasteiger partial charge in [-0.1, -0.05) is 32.1 Å². The number of pyridine rings is 1. The lowest BCUT2D eigenvalue weighted by Crippen LogP contribution is -2.21. The maximum Gasteiger partial charge on any atom is 0.126 e. The molecule has 0 amide bonds. The SMILES string of the molecule is Cc1ccnc(NC2CCCCCCC2)c1. The van der Waals surface area contributed by atoms with E-state index in [-0.39, 0.29) is 0 Å². The van der Waals surface area contributed by atoms with Crippen LogP contribution in [0.3, 0.4) is 0 Å². The molecule has 2 heteroatoms. The Morgan fingerprint density at radius 3 is 2.50 bits per heavy atom. The highest BCUT2D eigenvalue weighted by Crippen LogP contribution is 2.20. The van der Waals surface area contributed by atoms with E-state index in [4.69, 9.17) is 0 Å². The summed E-state index contributed by atoms with van der Waals surface area (Å²) in [5.41, 5.74) is 1.28. The van der Waals surface area contributed by atoms with E-state index in [9.17, 15) is 0 Å². The van der Waals surface area contributed by atoms with Gasteiger partial charge >= 0.3 is 0 Å². The zero-order chi connectivity index (χ0) is 11.2. The van der Waals surface area contributed by atoms with E-state index in [2.05, 4.69) is 23.3 Å². The molecule has 0 aromatic carbocycles. The first-order valence-corrected chi connectivity index (χ1v) is 6.54. The van der Waals surface area contributed by atoms with Crippen molar-refractivity contribution in [3.8, 4) is 0 Å². The van der Waals surface area contributed by atoms with E-state index in [0.29, 0.717) is 6.04 Å². The molecule has 0 unspecified atom stereocenters. The van der Waals surface area contributed by atoms with E-state index in [1.165, 1.54) is 50.5 Å². The second-order valence-corrected chi connectivity index (χ2v) is 4.90. The second kappa shape index (κ2) is 5.88. The molecule has 0 spiro atoms. The molecule has 2 nitrogen and oxygen atoms in total. The highest BCUT2D eigenvalue weighted by Gasteiger charge is 2.11. The molecule has 1 heterocycles. The number of nitrogens with zero attached hydrogens (tertiary/aromatic N) is 1. The summed E-state index contributed by atoms with van der Waals surface area (Å²) in [6, 6.07) is 4.82. The van der Waals surface area contributed by atoms with E-state index < -0.39 is 0 Å². The number of aryl methyl sites for hydroxylation is 1. The van der Waals surface area contributed by atoms with Crippen LogP contribution in [0.15, 0.2) is 18.3 Å². The average Bonchev–Trinajstić information content (AvgIpc) is 2.22. The summed E-state index contributed by atoms with van der Waals surface area (Å²) < 4.78 is 0. The van der Waals surface area contributed by atoms with Crippen molar-refractivity contribution in [1.82, 2.24) is 4.98 Å². The van der Waals surface area contributed by atoms with Crippen molar-refractivity contribution in [2.45, 2.75) is 57.9 Å². The molecule has 1 N–H and O–H groups in total. The van der Waals surface area contributed by atoms with Gasteiger partial charge in [-0.3, -0.25) is 0 Å². The van der Waals surface area contributed by atoms with Gasteiger partial charge in [0.2, 0.25) is 0 Å². The van der Waals surface area contributed by atoms with E-state index in [0.717, 1.165) is 5.82 Å². The first-order chi connectivity index (χ1) is 7.84. The number of hydrogen-bond donors (Lipinski definition) is 1. The van der Waals surface area contributed by atoms with Crippen molar-refractivity contribution in [1.29, 1.82) is 0 Å². The minimum atomic E-state index is 0.634. The van der Waals surface area contributed by atoms with Crippen LogP contribution in [-0.2, 0) is 0 Å². The summed E-state index contributed by atoms with van der Waals surface area (Å²) in [7, 11) is 0. The van der Waals surface area contributed by atoms with Crippen LogP contribution in [0.5, 0.6) is 0 Å². The first-order valence-electron chi connectivity index (χ1n) is 6.54. The van der Waals surface area contributed by atoms with Crippen molar-refractivity contribution in [2.75, 3.05) is 5.32 Å². The van der Waals surface area contributed by atoms with Gasteiger partial charge in [0.1, 0.15) is 5.82 Å². The smallest absolute Gasteiger partial charge is 0.126 e. The lowest BCUT2D eigenvalue weighted by Gasteiger charge is -2.21. The second-order valence-electron chi connectivity index (χ2n) is 4.90. The van der Waals surface area contributed by atoms with Gasteiger partial charge in [-0.2, -0.15) is 0 Å². The number of rotatable bonds is 2. The summed E-state index contributed by atoms with van der Waals surface area (Å²) in [6.07, 6.45) is 11.5. The number of hydrogen-bond acceptors (Lipinski definition) is 2. The summed E-state index contributed by atoms with van der Waals surface area (Å²) in [6.45, 7) is 2.12. The Morgan fingerprint density at radius 2 is 1.81 bits per heavy atom. The molecule has 2 rings (SSSR count). The molecule has 0 radical (unpaired) electrons. The Bertz CT molecular complexity index is 314. The summed E-state index contributed by atoms with van der Waals surface area (Å²) in [4.78, 5) is 4.38. The van der Waals surface area contributed by atoms with Crippen LogP contribution in [0.2, 0.25) is 0 Å². The van der Waals surface area contributed by atoms with Crippen molar-refractivity contribution in [3.05, 3.63) is 23.9 Å². The maximum atomic E-state index is 4.38. The van der Waals surface area contributed by atoms with Crippen LogP contribution in [0.4, 0.5) is 5.82 Å². The fraction of sp³-hybridized carbons (Fsp3) is 0.643. The molecular weight excluding hydrogens is 196 g/mol. The molecule has 88 valence electrons. The van der Waals surface area contributed by atoms with Crippen molar-refractivity contribution >= 4 is 5.82 Å². The number of aromatic nitrogens is 1. The van der Waals surface area contributed by atoms with Gasteiger partial charge in [0.05, 0.1) is 0 Å². The molecule has 1 fully saturated rings. The fourth-order valence-corrected chi connectivity index (χ4v) is 2.42. The van der Waals surface area contributed by atoms with Gasteiger partial charge in [-0.25, -0.2) is 4.98 Å². The fourth-order valence-electron chi connectivity index (χ4n) is 2.42. The molecule has 1 aromatic heterocycles. The topological polar surface area (TPSA) is 24.9 Å². The van der Waals surface area contributed by atoms with Crippen LogP contribution in [0, 0.1) is 6.92 Å². The molecule has 0 bridgehead atoms. The minimum Gasteiger partial charge on any atom is -0.367 e. The van der Waals surface area contributed by atoms with Gasteiger partial charge in [0, 0.05) is 12.2 Å². The molecular formula is C14H22N2. The van der Waals surface area contributed by atoms with E-state index >= 15 is 0 Å². The average molecular weight is 218 g/mol. The third kappa shape index (κ3) is 3.51. The van der Waals surface area contributed by atoms with Gasteiger partial charge in [0.25, 0.3) is 0 Å². The summed E-state index contributed by atoms with van der Waals surface area (Å²) in [5, 5.41) is 3.58. The molecule has 0 saturated heterocycles. The molecule has 16 heavy (non-hydrogen) atoms. The predicted octanol–water partition coefficient (Wildman–Crippen LogP) is 3.91. The van der Waals surface area contributed by atoms with E-state index in [1.54, 1.807) is 0 Å². The Hall–Kier alpha value is -1.05. The number of anilines is 1. The van der Waals surface area contributed by atoms with Crippen LogP contribution >= 0.6 is 0 Å². The number of nitrogens with one attached hydrogen (secondary N) is 1. The van der Waals surface area contributed by atoms with Crippen molar-refractivity contribution in [2.24, 2.45) is 0 Å². The molecule has 0 aliphatic heterocycles. The quantitative estimate of drug-likeness (QED) is 0.814. The van der Waals surface area contributed by atoms with Gasteiger partial charge in [0.15, 0.2) is 0 Å². The normalized spacial score (nSPS) is 18.8. The van der Waals surface area contributed by atoms with Crippen LogP contribution in [-0.4, -0.2) is 11.0 Å². The Balaban J connectivity index is 1.91. The lowest BCUT2D eigenvalue weighted by molar-refractivity contribution is 0.470. The van der Waals surface area contributed by atoms with Crippen LogP contribution in [0.1, 0.15) is 50.5 Å². The molecule has 1 aliphatic carbocycles. The minimum absolute atomic E-state index is 0.634. The third-order valence-electron chi connectivity index (χ3n) is 3.37. The first kappa shape index (κ1) is 11.4. The van der Waals surface area contributed by atoms with Crippen molar-refractivity contribution < 1.29 is 0 Å². The Labute approximate surface area is 98.5 Å². The molecule has 1 saturated carbocycles. The summed E-state index contributed by atoms with van der Waals surface area (Å²) in [5.74, 6) is 1.05. The largest absolute Gasteiger partial charge is 0.367 e. The van der Waals surface area contributed by atoms with Crippen molar-refractivity contribution in [3.63, 3.8) is 0 Å². The molecule has 1 aromatic rings. The maximum absolute atomic E-state index is 4.38. The Morgan fingerprint density at radius 1 is 1.12 bits per heavy atom. The Kier molecular flexibility index (Phi) is 4.20. The predicted molar refractivity (Wildman–Crippen MR) is 68.7 cm³/mol. The zero-order valence-electron chi connectivity index (χ0n) is 10.2. The monoisotopic (exact) mass is 218 g/mol. The zero-order valence-corrected chi connectivity index (χ0v) is 10.2. The van der Waals surface area contributed by atoms with Gasteiger partial charge in [-0.15, -0.1) is 0 Å². The highest BCUT2D eigenvalue weighted by molar-refractivity contribution is 5.37. The summed E-state index contributed by atoms with van der Waals surface area (Å²) >= 11 is 0. The lowest BCUT2D eigenvalue weighted by atomic mass is 9.97. The highest BCUT2D eigenvalue weighted by atomic mass is 15.0. The standard InChI is InChI=1S/C14H22N2/c1-12-9-10-15-14(11-12)16-13-7-5-3-2-4-6-8-13/h9-11,13H,2-8H2,1H3,(H,15,16). The van der Waals surface area contributed by atoms with Crippen LogP contribution < -0.4 is 5.32 Å². The van der Waals surface area contributed by atoms with Crippen LogP contribution in [0.25, 0.3) is 0 Å². The van der Waals surface area contributed by atoms with Gasteiger partial charge < -0.3 is 5.32 Å². The third-order valence-corrected chi connectivity index (χ3v) is 3.37. The molecule has 1 aliphatic rings. The van der Waals surface area contributed by atoms with Gasteiger partial charge in [-0.05, 0) is 37.5 Å². The van der Waals surface area contributed by atoms with E-state index in [1.807, 2.05) is 12.3 Å². The molecule has 0 atom stereocenters.